The van der Waals surface area contributed by atoms with Gasteiger partial charge in [0.15, 0.2) is 5.69 Å². The van der Waals surface area contributed by atoms with Crippen molar-refractivity contribution >= 4 is 11.8 Å². The SMILES string of the molecule is C#CCN1C(=O)C(Cc2ccccc2)NC12CCN(C(=O)c1cc(C)on1)CC2. The second kappa shape index (κ2) is 7.72. The monoisotopic (exact) mass is 392 g/mol. The molecule has 1 unspecified atom stereocenters. The minimum absolute atomic E-state index is 0.0266. The summed E-state index contributed by atoms with van der Waals surface area (Å²) in [5.41, 5.74) is 0.904. The topological polar surface area (TPSA) is 78.7 Å². The first kappa shape index (κ1) is 19.2. The van der Waals surface area contributed by atoms with Crippen molar-refractivity contribution in [3.05, 3.63) is 53.4 Å². The van der Waals surface area contributed by atoms with E-state index < -0.39 is 5.66 Å². The lowest BCUT2D eigenvalue weighted by Gasteiger charge is -2.44. The molecular formula is C22H24N4O3. The number of nitrogens with one attached hydrogen (secondary N) is 1. The minimum Gasteiger partial charge on any atom is -0.361 e. The lowest BCUT2D eigenvalue weighted by molar-refractivity contribution is -0.132. The zero-order valence-corrected chi connectivity index (χ0v) is 16.4. The number of piperidine rings is 1. The number of terminal acetylenes is 1. The molecule has 29 heavy (non-hydrogen) atoms. The highest BCUT2D eigenvalue weighted by Crippen LogP contribution is 2.33. The smallest absolute Gasteiger partial charge is 0.276 e. The molecule has 1 aromatic carbocycles. The molecule has 2 aliphatic heterocycles. The molecule has 2 aromatic rings. The molecule has 1 N–H and O–H groups in total. The summed E-state index contributed by atoms with van der Waals surface area (Å²) >= 11 is 0. The van der Waals surface area contributed by atoms with Crippen LogP contribution < -0.4 is 5.32 Å². The number of hydrogen-bond donors (Lipinski definition) is 1. The summed E-state index contributed by atoms with van der Waals surface area (Å²) in [5, 5.41) is 7.37. The molecule has 3 heterocycles. The highest BCUT2D eigenvalue weighted by Gasteiger charge is 2.51. The number of carbonyl (C=O) groups excluding carboxylic acids is 2. The maximum absolute atomic E-state index is 13.1. The number of hydrogen-bond acceptors (Lipinski definition) is 5. The number of rotatable bonds is 4. The molecule has 0 aliphatic carbocycles. The number of likely N-dealkylation sites (tertiary alicyclic amines) is 1. The van der Waals surface area contributed by atoms with E-state index in [4.69, 9.17) is 10.9 Å². The van der Waals surface area contributed by atoms with Crippen LogP contribution in [0.25, 0.3) is 0 Å². The lowest BCUT2D eigenvalue weighted by Crippen LogP contribution is -2.59. The Hall–Kier alpha value is -3.11. The zero-order valence-electron chi connectivity index (χ0n) is 16.4. The summed E-state index contributed by atoms with van der Waals surface area (Å²) in [6.45, 7) is 3.05. The van der Waals surface area contributed by atoms with Crippen LogP contribution in [0.2, 0.25) is 0 Å². The molecule has 0 radical (unpaired) electrons. The van der Waals surface area contributed by atoms with Crippen LogP contribution in [0.3, 0.4) is 0 Å². The van der Waals surface area contributed by atoms with Gasteiger partial charge in [0.2, 0.25) is 5.91 Å². The Morgan fingerprint density at radius 2 is 2.07 bits per heavy atom. The summed E-state index contributed by atoms with van der Waals surface area (Å²) in [6, 6.07) is 11.3. The van der Waals surface area contributed by atoms with E-state index in [2.05, 4.69) is 16.4 Å². The summed E-state index contributed by atoms with van der Waals surface area (Å²) in [6.07, 6.45) is 7.41. The molecule has 1 aromatic heterocycles. The maximum atomic E-state index is 13.1. The molecule has 0 bridgehead atoms. The van der Waals surface area contributed by atoms with Gasteiger partial charge >= 0.3 is 0 Å². The fourth-order valence-electron chi connectivity index (χ4n) is 4.29. The van der Waals surface area contributed by atoms with Crippen LogP contribution in [0.1, 0.15) is 34.7 Å². The number of benzene rings is 1. The van der Waals surface area contributed by atoms with Gasteiger partial charge in [-0.05, 0) is 18.9 Å². The molecule has 2 amide bonds. The highest BCUT2D eigenvalue weighted by atomic mass is 16.5. The molecule has 4 rings (SSSR count). The van der Waals surface area contributed by atoms with E-state index in [0.717, 1.165) is 5.56 Å². The summed E-state index contributed by atoms with van der Waals surface area (Å²) in [4.78, 5) is 29.3. The quantitative estimate of drug-likeness (QED) is 0.800. The Labute approximate surface area is 170 Å². The Balaban J connectivity index is 1.48. The molecule has 7 heteroatoms. The van der Waals surface area contributed by atoms with Crippen LogP contribution in [0.5, 0.6) is 0 Å². The minimum atomic E-state index is -0.514. The Bertz CT molecular complexity index is 938. The molecule has 1 spiro atoms. The van der Waals surface area contributed by atoms with Gasteiger partial charge in [-0.15, -0.1) is 6.42 Å². The number of aryl methyl sites for hydroxylation is 1. The third-order valence-electron chi connectivity index (χ3n) is 5.78. The van der Waals surface area contributed by atoms with Crippen LogP contribution in [-0.2, 0) is 11.2 Å². The second-order valence-corrected chi connectivity index (χ2v) is 7.66. The van der Waals surface area contributed by atoms with Gasteiger partial charge in [0.1, 0.15) is 5.76 Å². The van der Waals surface area contributed by atoms with Crippen LogP contribution >= 0.6 is 0 Å². The molecule has 1 atom stereocenters. The normalized spacial score (nSPS) is 20.8. The van der Waals surface area contributed by atoms with E-state index >= 15 is 0 Å². The molecule has 2 saturated heterocycles. The van der Waals surface area contributed by atoms with Crippen molar-refractivity contribution in [2.45, 2.75) is 37.9 Å². The zero-order chi connectivity index (χ0) is 20.4. The first-order chi connectivity index (χ1) is 14.0. The van der Waals surface area contributed by atoms with Gasteiger partial charge in [0.25, 0.3) is 5.91 Å². The van der Waals surface area contributed by atoms with E-state index in [1.807, 2.05) is 30.3 Å². The Morgan fingerprint density at radius 1 is 1.34 bits per heavy atom. The van der Waals surface area contributed by atoms with E-state index in [-0.39, 0.29) is 24.4 Å². The van der Waals surface area contributed by atoms with Gasteiger partial charge in [-0.3, -0.25) is 14.9 Å². The third-order valence-corrected chi connectivity index (χ3v) is 5.78. The Morgan fingerprint density at radius 3 is 2.69 bits per heavy atom. The number of amides is 2. The highest BCUT2D eigenvalue weighted by molar-refractivity contribution is 5.92. The standard InChI is InChI=1S/C22H24N4O3/c1-3-11-26-21(28)18(15-17-7-5-4-6-8-17)23-22(26)9-12-25(13-10-22)20(27)19-14-16(2)29-24-19/h1,4-8,14,18,23H,9-13,15H2,2H3. The summed E-state index contributed by atoms with van der Waals surface area (Å²) in [5.74, 6) is 3.10. The van der Waals surface area contributed by atoms with Gasteiger partial charge in [-0.25, -0.2) is 0 Å². The van der Waals surface area contributed by atoms with E-state index in [0.29, 0.717) is 43.8 Å². The average Bonchev–Trinajstić information content (AvgIpc) is 3.27. The van der Waals surface area contributed by atoms with E-state index in [1.165, 1.54) is 0 Å². The average molecular weight is 392 g/mol. The van der Waals surface area contributed by atoms with E-state index in [1.54, 1.807) is 22.8 Å². The van der Waals surface area contributed by atoms with Gasteiger partial charge in [-0.1, -0.05) is 41.4 Å². The van der Waals surface area contributed by atoms with Gasteiger partial charge in [0, 0.05) is 32.0 Å². The van der Waals surface area contributed by atoms with Crippen molar-refractivity contribution in [2.75, 3.05) is 19.6 Å². The number of carbonyl (C=O) groups is 2. The molecule has 2 fully saturated rings. The van der Waals surface area contributed by atoms with Gasteiger partial charge in [0.05, 0.1) is 18.2 Å². The van der Waals surface area contributed by atoms with Crippen molar-refractivity contribution in [1.29, 1.82) is 0 Å². The third kappa shape index (κ3) is 3.64. The predicted molar refractivity (Wildman–Crippen MR) is 107 cm³/mol. The Kier molecular flexibility index (Phi) is 5.12. The van der Waals surface area contributed by atoms with Crippen molar-refractivity contribution in [1.82, 2.24) is 20.3 Å². The molecule has 150 valence electrons. The predicted octanol–water partition coefficient (Wildman–Crippen LogP) is 1.59. The summed E-state index contributed by atoms with van der Waals surface area (Å²) in [7, 11) is 0. The van der Waals surface area contributed by atoms with Crippen LogP contribution in [-0.4, -0.2) is 58.1 Å². The van der Waals surface area contributed by atoms with Crippen LogP contribution in [0.15, 0.2) is 40.9 Å². The largest absolute Gasteiger partial charge is 0.361 e. The van der Waals surface area contributed by atoms with Gasteiger partial charge in [-0.2, -0.15) is 0 Å². The first-order valence-electron chi connectivity index (χ1n) is 9.81. The van der Waals surface area contributed by atoms with Crippen molar-refractivity contribution in [3.8, 4) is 12.3 Å². The maximum Gasteiger partial charge on any atom is 0.276 e. The number of aromatic nitrogens is 1. The molecule has 0 saturated carbocycles. The van der Waals surface area contributed by atoms with Crippen molar-refractivity contribution in [2.24, 2.45) is 0 Å². The van der Waals surface area contributed by atoms with Crippen molar-refractivity contribution in [3.63, 3.8) is 0 Å². The van der Waals surface area contributed by atoms with Crippen LogP contribution in [0.4, 0.5) is 0 Å². The fourth-order valence-corrected chi connectivity index (χ4v) is 4.29. The molecule has 7 nitrogen and oxygen atoms in total. The molecule has 2 aliphatic rings. The number of nitrogens with zero attached hydrogens (tertiary/aromatic N) is 3. The van der Waals surface area contributed by atoms with Gasteiger partial charge < -0.3 is 14.3 Å². The van der Waals surface area contributed by atoms with Crippen molar-refractivity contribution < 1.29 is 14.1 Å². The van der Waals surface area contributed by atoms with Crippen LogP contribution in [0, 0.1) is 19.3 Å². The lowest BCUT2D eigenvalue weighted by atomic mass is 9.95. The first-order valence-corrected chi connectivity index (χ1v) is 9.81. The fraction of sp³-hybridized carbons (Fsp3) is 0.409. The summed E-state index contributed by atoms with van der Waals surface area (Å²) < 4.78 is 5.02. The second-order valence-electron chi connectivity index (χ2n) is 7.66. The molecular weight excluding hydrogens is 368 g/mol. The van der Waals surface area contributed by atoms with E-state index in [9.17, 15) is 9.59 Å².